The smallest absolute Gasteiger partial charge is 0.294 e. The number of nitriles is 1. The molecule has 1 heterocycles. The van der Waals surface area contributed by atoms with Gasteiger partial charge in [-0.25, -0.2) is 0 Å². The van der Waals surface area contributed by atoms with Gasteiger partial charge in [0.1, 0.15) is 13.2 Å². The standard InChI is InChI=1S/C27H20ClN3O5S/c1-35-22-12-17(11-21(28)25(22)36-16-19-8-6-5-7-18(19)14-29)13-23-26(33)31(27(34)37-23)15-24(32)30-20-9-3-2-4-10-20/h2-13H,15-16H2,1H3,(H,30,32)/b23-13-. The molecule has 0 saturated carbocycles. The van der Waals surface area contributed by atoms with Crippen LogP contribution in [0.5, 0.6) is 11.5 Å². The number of ether oxygens (including phenoxy) is 2. The van der Waals surface area contributed by atoms with Crippen LogP contribution in [0.15, 0.2) is 71.6 Å². The number of carbonyl (C=O) groups is 3. The molecule has 3 aromatic rings. The van der Waals surface area contributed by atoms with Crippen molar-refractivity contribution >= 4 is 52.2 Å². The van der Waals surface area contributed by atoms with Gasteiger partial charge in [0.15, 0.2) is 11.5 Å². The molecule has 1 aliphatic heterocycles. The van der Waals surface area contributed by atoms with Crippen LogP contribution >= 0.6 is 23.4 Å². The number of carbonyl (C=O) groups excluding carboxylic acids is 3. The lowest BCUT2D eigenvalue weighted by atomic mass is 10.1. The van der Waals surface area contributed by atoms with Crippen LogP contribution in [0.1, 0.15) is 16.7 Å². The van der Waals surface area contributed by atoms with Gasteiger partial charge in [0.25, 0.3) is 11.1 Å². The van der Waals surface area contributed by atoms with Crippen molar-refractivity contribution in [1.82, 2.24) is 4.90 Å². The Morgan fingerprint density at radius 1 is 1.14 bits per heavy atom. The lowest BCUT2D eigenvalue weighted by Crippen LogP contribution is -2.36. The van der Waals surface area contributed by atoms with Gasteiger partial charge in [0.05, 0.1) is 28.7 Å². The van der Waals surface area contributed by atoms with E-state index in [9.17, 15) is 19.6 Å². The van der Waals surface area contributed by atoms with E-state index < -0.39 is 23.6 Å². The van der Waals surface area contributed by atoms with E-state index in [2.05, 4.69) is 11.4 Å². The molecule has 0 radical (unpaired) electrons. The van der Waals surface area contributed by atoms with Crippen LogP contribution in [0.25, 0.3) is 6.08 Å². The summed E-state index contributed by atoms with van der Waals surface area (Å²) in [6.45, 7) is -0.305. The summed E-state index contributed by atoms with van der Waals surface area (Å²) in [5, 5.41) is 11.6. The van der Waals surface area contributed by atoms with Gasteiger partial charge in [0, 0.05) is 11.3 Å². The highest BCUT2D eigenvalue weighted by Crippen LogP contribution is 2.39. The summed E-state index contributed by atoms with van der Waals surface area (Å²) in [5.74, 6) is -0.477. The first-order valence-corrected chi connectivity index (χ1v) is 12.2. The summed E-state index contributed by atoms with van der Waals surface area (Å²) in [7, 11) is 1.45. The number of halogens is 1. The van der Waals surface area contributed by atoms with Crippen LogP contribution in [0.3, 0.4) is 0 Å². The van der Waals surface area contributed by atoms with Gasteiger partial charge in [-0.05, 0) is 53.7 Å². The Kier molecular flexibility index (Phi) is 8.13. The maximum atomic E-state index is 12.9. The van der Waals surface area contributed by atoms with Crippen LogP contribution in [0.4, 0.5) is 10.5 Å². The first kappa shape index (κ1) is 25.8. The molecule has 10 heteroatoms. The number of benzene rings is 3. The normalized spacial score (nSPS) is 14.0. The molecule has 1 saturated heterocycles. The van der Waals surface area contributed by atoms with E-state index >= 15 is 0 Å². The number of nitrogens with zero attached hydrogens (tertiary/aromatic N) is 2. The summed E-state index contributed by atoms with van der Waals surface area (Å²) in [4.78, 5) is 38.7. The zero-order valence-electron chi connectivity index (χ0n) is 19.6. The number of hydrogen-bond donors (Lipinski definition) is 1. The second-order valence-electron chi connectivity index (χ2n) is 7.77. The first-order valence-electron chi connectivity index (χ1n) is 11.0. The predicted molar refractivity (Wildman–Crippen MR) is 141 cm³/mol. The highest BCUT2D eigenvalue weighted by atomic mass is 35.5. The summed E-state index contributed by atoms with van der Waals surface area (Å²) in [6.07, 6.45) is 1.50. The molecule has 0 aliphatic carbocycles. The zero-order chi connectivity index (χ0) is 26.4. The molecule has 1 fully saturated rings. The van der Waals surface area contributed by atoms with Crippen molar-refractivity contribution in [2.45, 2.75) is 6.61 Å². The summed E-state index contributed by atoms with van der Waals surface area (Å²) in [6, 6.07) is 21.1. The van der Waals surface area contributed by atoms with E-state index in [-0.39, 0.29) is 22.3 Å². The number of rotatable bonds is 8. The Morgan fingerprint density at radius 3 is 2.59 bits per heavy atom. The number of para-hydroxylation sites is 1. The molecule has 3 aromatic carbocycles. The molecule has 0 spiro atoms. The van der Waals surface area contributed by atoms with E-state index in [1.54, 1.807) is 60.7 Å². The fraction of sp³-hybridized carbons (Fsp3) is 0.111. The minimum atomic E-state index is -0.582. The Bertz CT molecular complexity index is 1440. The maximum Gasteiger partial charge on any atom is 0.294 e. The minimum Gasteiger partial charge on any atom is -0.493 e. The molecule has 0 aromatic heterocycles. The van der Waals surface area contributed by atoms with Gasteiger partial charge in [0.2, 0.25) is 5.91 Å². The Balaban J connectivity index is 1.49. The van der Waals surface area contributed by atoms with E-state index in [0.717, 1.165) is 16.7 Å². The quantitative estimate of drug-likeness (QED) is 0.382. The fourth-order valence-electron chi connectivity index (χ4n) is 3.52. The zero-order valence-corrected chi connectivity index (χ0v) is 21.1. The summed E-state index contributed by atoms with van der Waals surface area (Å²) in [5.41, 5.74) is 2.25. The first-order chi connectivity index (χ1) is 17.9. The number of imide groups is 1. The fourth-order valence-corrected chi connectivity index (χ4v) is 4.63. The van der Waals surface area contributed by atoms with Crippen molar-refractivity contribution in [3.05, 3.63) is 93.3 Å². The molecule has 1 N–H and O–H groups in total. The number of nitrogens with one attached hydrogen (secondary N) is 1. The third-order valence-corrected chi connectivity index (χ3v) is 6.48. The van der Waals surface area contributed by atoms with Gasteiger partial charge < -0.3 is 14.8 Å². The lowest BCUT2D eigenvalue weighted by molar-refractivity contribution is -0.127. The predicted octanol–water partition coefficient (Wildman–Crippen LogP) is 5.47. The monoisotopic (exact) mass is 533 g/mol. The van der Waals surface area contributed by atoms with Gasteiger partial charge >= 0.3 is 0 Å². The lowest BCUT2D eigenvalue weighted by Gasteiger charge is -2.14. The second kappa shape index (κ2) is 11.6. The second-order valence-corrected chi connectivity index (χ2v) is 9.17. The van der Waals surface area contributed by atoms with Crippen molar-refractivity contribution in [2.24, 2.45) is 0 Å². The molecular weight excluding hydrogens is 514 g/mol. The van der Waals surface area contributed by atoms with Crippen molar-refractivity contribution < 1.29 is 23.9 Å². The summed E-state index contributed by atoms with van der Waals surface area (Å²) >= 11 is 7.19. The van der Waals surface area contributed by atoms with Crippen LogP contribution in [0, 0.1) is 11.3 Å². The molecule has 186 valence electrons. The van der Waals surface area contributed by atoms with E-state index in [0.29, 0.717) is 28.1 Å². The van der Waals surface area contributed by atoms with E-state index in [4.69, 9.17) is 21.1 Å². The van der Waals surface area contributed by atoms with Crippen LogP contribution in [-0.4, -0.2) is 35.6 Å². The minimum absolute atomic E-state index is 0.100. The van der Waals surface area contributed by atoms with Gasteiger partial charge in [-0.3, -0.25) is 19.3 Å². The van der Waals surface area contributed by atoms with Crippen LogP contribution in [0.2, 0.25) is 5.02 Å². The van der Waals surface area contributed by atoms with Gasteiger partial charge in [-0.15, -0.1) is 0 Å². The molecule has 3 amide bonds. The number of hydrogen-bond acceptors (Lipinski definition) is 7. The highest BCUT2D eigenvalue weighted by molar-refractivity contribution is 8.18. The van der Waals surface area contributed by atoms with Crippen molar-refractivity contribution in [3.63, 3.8) is 0 Å². The Hall–Kier alpha value is -4.26. The molecule has 37 heavy (non-hydrogen) atoms. The largest absolute Gasteiger partial charge is 0.493 e. The van der Waals surface area contributed by atoms with Gasteiger partial charge in [-0.1, -0.05) is 48.0 Å². The average molecular weight is 534 g/mol. The third-order valence-electron chi connectivity index (χ3n) is 5.29. The number of amides is 3. The molecule has 0 bridgehead atoms. The highest BCUT2D eigenvalue weighted by Gasteiger charge is 2.36. The molecular formula is C27H20ClN3O5S. The molecule has 0 unspecified atom stereocenters. The Labute approximate surface area is 222 Å². The van der Waals surface area contributed by atoms with Crippen molar-refractivity contribution in [2.75, 3.05) is 19.0 Å². The third kappa shape index (κ3) is 6.12. The number of methoxy groups -OCH3 is 1. The molecule has 8 nitrogen and oxygen atoms in total. The van der Waals surface area contributed by atoms with Gasteiger partial charge in [-0.2, -0.15) is 5.26 Å². The Morgan fingerprint density at radius 2 is 1.86 bits per heavy atom. The number of thioether (sulfide) groups is 1. The molecule has 0 atom stereocenters. The van der Waals surface area contributed by atoms with Crippen molar-refractivity contribution in [3.8, 4) is 17.6 Å². The van der Waals surface area contributed by atoms with E-state index in [1.165, 1.54) is 13.2 Å². The SMILES string of the molecule is COc1cc(/C=C2\SC(=O)N(CC(=O)Nc3ccccc3)C2=O)cc(Cl)c1OCc1ccccc1C#N. The topological polar surface area (TPSA) is 109 Å². The van der Waals surface area contributed by atoms with Crippen molar-refractivity contribution in [1.29, 1.82) is 5.26 Å². The van der Waals surface area contributed by atoms with Crippen LogP contribution < -0.4 is 14.8 Å². The molecule has 1 aliphatic rings. The average Bonchev–Trinajstić information content (AvgIpc) is 3.15. The number of anilines is 1. The van der Waals surface area contributed by atoms with E-state index in [1.807, 2.05) is 6.07 Å². The maximum absolute atomic E-state index is 12.9. The molecule has 4 rings (SSSR count). The summed E-state index contributed by atoms with van der Waals surface area (Å²) < 4.78 is 11.3. The van der Waals surface area contributed by atoms with Crippen LogP contribution in [-0.2, 0) is 16.2 Å².